The van der Waals surface area contributed by atoms with Crippen molar-refractivity contribution < 1.29 is 9.53 Å². The molecule has 0 aliphatic heterocycles. The standard InChI is InChI=1S/C16H16ClNO2/c1-18(11-12-7-3-5-9-14(12)17)16(19)13-8-4-6-10-15(13)20-2/h3-10H,11H2,1-2H3. The number of ether oxygens (including phenoxy) is 1. The average molecular weight is 290 g/mol. The molecular weight excluding hydrogens is 274 g/mol. The minimum absolute atomic E-state index is 0.0950. The van der Waals surface area contributed by atoms with Gasteiger partial charge in [0.2, 0.25) is 0 Å². The number of nitrogens with zero attached hydrogens (tertiary/aromatic N) is 1. The lowest BCUT2D eigenvalue weighted by Gasteiger charge is -2.19. The zero-order valence-electron chi connectivity index (χ0n) is 11.5. The smallest absolute Gasteiger partial charge is 0.257 e. The van der Waals surface area contributed by atoms with E-state index in [1.807, 2.05) is 36.4 Å². The predicted molar refractivity (Wildman–Crippen MR) is 80.2 cm³/mol. The summed E-state index contributed by atoms with van der Waals surface area (Å²) in [5.74, 6) is 0.478. The molecule has 0 saturated heterocycles. The van der Waals surface area contributed by atoms with Gasteiger partial charge < -0.3 is 9.64 Å². The Bertz CT molecular complexity index is 613. The summed E-state index contributed by atoms with van der Waals surface area (Å²) in [5.41, 5.74) is 1.46. The minimum atomic E-state index is -0.0950. The Morgan fingerprint density at radius 2 is 1.80 bits per heavy atom. The number of rotatable bonds is 4. The van der Waals surface area contributed by atoms with E-state index in [1.165, 1.54) is 0 Å². The molecule has 104 valence electrons. The summed E-state index contributed by atoms with van der Waals surface area (Å²) in [6.45, 7) is 0.455. The highest BCUT2D eigenvalue weighted by Gasteiger charge is 2.16. The first kappa shape index (κ1) is 14.4. The Kier molecular flexibility index (Phi) is 4.64. The molecule has 0 aromatic heterocycles. The number of benzene rings is 2. The Labute approximate surface area is 123 Å². The third-order valence-electron chi connectivity index (χ3n) is 3.05. The third kappa shape index (κ3) is 3.11. The number of hydrogen-bond acceptors (Lipinski definition) is 2. The Hall–Kier alpha value is -2.00. The Balaban J connectivity index is 2.19. The maximum atomic E-state index is 12.4. The maximum absolute atomic E-state index is 12.4. The molecule has 0 N–H and O–H groups in total. The van der Waals surface area contributed by atoms with Gasteiger partial charge in [-0.05, 0) is 23.8 Å². The third-order valence-corrected chi connectivity index (χ3v) is 3.42. The molecule has 0 spiro atoms. The molecule has 0 atom stereocenters. The van der Waals surface area contributed by atoms with Crippen molar-refractivity contribution in [2.45, 2.75) is 6.54 Å². The summed E-state index contributed by atoms with van der Waals surface area (Å²) in [5, 5.41) is 0.659. The summed E-state index contributed by atoms with van der Waals surface area (Å²) in [7, 11) is 3.30. The van der Waals surface area contributed by atoms with Crippen LogP contribution in [0.5, 0.6) is 5.75 Å². The summed E-state index contributed by atoms with van der Waals surface area (Å²) in [6.07, 6.45) is 0. The molecule has 3 nitrogen and oxygen atoms in total. The van der Waals surface area contributed by atoms with Crippen molar-refractivity contribution in [3.63, 3.8) is 0 Å². The van der Waals surface area contributed by atoms with Gasteiger partial charge in [0.05, 0.1) is 12.7 Å². The monoisotopic (exact) mass is 289 g/mol. The van der Waals surface area contributed by atoms with E-state index < -0.39 is 0 Å². The fourth-order valence-electron chi connectivity index (χ4n) is 1.98. The maximum Gasteiger partial charge on any atom is 0.257 e. The lowest BCUT2D eigenvalue weighted by Crippen LogP contribution is -2.26. The molecule has 4 heteroatoms. The minimum Gasteiger partial charge on any atom is -0.496 e. The molecule has 2 aromatic rings. The summed E-state index contributed by atoms with van der Waals surface area (Å²) < 4.78 is 5.22. The van der Waals surface area contributed by atoms with Gasteiger partial charge in [0.25, 0.3) is 5.91 Å². The normalized spacial score (nSPS) is 10.2. The van der Waals surface area contributed by atoms with Crippen LogP contribution in [0.2, 0.25) is 5.02 Å². The number of para-hydroxylation sites is 1. The van der Waals surface area contributed by atoms with Crippen LogP contribution in [0.15, 0.2) is 48.5 Å². The van der Waals surface area contributed by atoms with Crippen LogP contribution in [0.1, 0.15) is 15.9 Å². The van der Waals surface area contributed by atoms with Crippen molar-refractivity contribution in [3.05, 3.63) is 64.7 Å². The van der Waals surface area contributed by atoms with Crippen LogP contribution in [0.4, 0.5) is 0 Å². The number of carbonyl (C=O) groups is 1. The van der Waals surface area contributed by atoms with Crippen LogP contribution in [-0.4, -0.2) is 25.0 Å². The van der Waals surface area contributed by atoms with Gasteiger partial charge in [-0.15, -0.1) is 0 Å². The summed E-state index contributed by atoms with van der Waals surface area (Å²) >= 11 is 6.11. The zero-order chi connectivity index (χ0) is 14.5. The second kappa shape index (κ2) is 6.44. The van der Waals surface area contributed by atoms with Crippen LogP contribution in [0.25, 0.3) is 0 Å². The Morgan fingerprint density at radius 1 is 1.15 bits per heavy atom. The van der Waals surface area contributed by atoms with Gasteiger partial charge >= 0.3 is 0 Å². The quantitative estimate of drug-likeness (QED) is 0.860. The number of methoxy groups -OCH3 is 1. The lowest BCUT2D eigenvalue weighted by molar-refractivity contribution is 0.0782. The van der Waals surface area contributed by atoms with E-state index >= 15 is 0 Å². The van der Waals surface area contributed by atoms with E-state index in [4.69, 9.17) is 16.3 Å². The second-order valence-electron chi connectivity index (χ2n) is 4.45. The van der Waals surface area contributed by atoms with E-state index in [0.717, 1.165) is 5.56 Å². The second-order valence-corrected chi connectivity index (χ2v) is 4.86. The van der Waals surface area contributed by atoms with Gasteiger partial charge in [-0.1, -0.05) is 41.9 Å². The first-order valence-electron chi connectivity index (χ1n) is 6.25. The Morgan fingerprint density at radius 3 is 2.50 bits per heavy atom. The molecule has 0 bridgehead atoms. The van der Waals surface area contributed by atoms with Crippen molar-refractivity contribution in [1.82, 2.24) is 4.90 Å². The van der Waals surface area contributed by atoms with Crippen LogP contribution >= 0.6 is 11.6 Å². The van der Waals surface area contributed by atoms with Gasteiger partial charge in [-0.3, -0.25) is 4.79 Å². The summed E-state index contributed by atoms with van der Waals surface area (Å²) in [4.78, 5) is 14.1. The van der Waals surface area contributed by atoms with E-state index in [0.29, 0.717) is 22.9 Å². The van der Waals surface area contributed by atoms with E-state index in [-0.39, 0.29) is 5.91 Å². The molecule has 0 radical (unpaired) electrons. The number of amides is 1. The predicted octanol–water partition coefficient (Wildman–Crippen LogP) is 3.62. The number of halogens is 1. The van der Waals surface area contributed by atoms with Crippen LogP contribution < -0.4 is 4.74 Å². The van der Waals surface area contributed by atoms with Crippen molar-refractivity contribution in [2.24, 2.45) is 0 Å². The van der Waals surface area contributed by atoms with Gasteiger partial charge in [0, 0.05) is 18.6 Å². The van der Waals surface area contributed by atoms with Crippen molar-refractivity contribution >= 4 is 17.5 Å². The SMILES string of the molecule is COc1ccccc1C(=O)N(C)Cc1ccccc1Cl. The van der Waals surface area contributed by atoms with E-state index in [1.54, 1.807) is 31.2 Å². The molecule has 0 heterocycles. The van der Waals surface area contributed by atoms with Crippen LogP contribution in [-0.2, 0) is 6.54 Å². The molecule has 0 fully saturated rings. The molecule has 20 heavy (non-hydrogen) atoms. The fraction of sp³-hybridized carbons (Fsp3) is 0.188. The molecule has 2 rings (SSSR count). The topological polar surface area (TPSA) is 29.5 Å². The number of hydrogen-bond donors (Lipinski definition) is 0. The average Bonchev–Trinajstić information content (AvgIpc) is 2.48. The fourth-order valence-corrected chi connectivity index (χ4v) is 2.18. The molecule has 2 aromatic carbocycles. The molecule has 1 amide bonds. The van der Waals surface area contributed by atoms with Crippen LogP contribution in [0.3, 0.4) is 0 Å². The first-order chi connectivity index (χ1) is 9.63. The molecule has 0 unspecified atom stereocenters. The van der Waals surface area contributed by atoms with E-state index in [9.17, 15) is 4.79 Å². The van der Waals surface area contributed by atoms with Crippen LogP contribution in [0, 0.1) is 0 Å². The molecular formula is C16H16ClNO2. The highest BCUT2D eigenvalue weighted by molar-refractivity contribution is 6.31. The first-order valence-corrected chi connectivity index (χ1v) is 6.63. The van der Waals surface area contributed by atoms with Gasteiger partial charge in [0.15, 0.2) is 0 Å². The highest BCUT2D eigenvalue weighted by Crippen LogP contribution is 2.21. The lowest BCUT2D eigenvalue weighted by atomic mass is 10.1. The largest absolute Gasteiger partial charge is 0.496 e. The van der Waals surface area contributed by atoms with Gasteiger partial charge in [-0.2, -0.15) is 0 Å². The van der Waals surface area contributed by atoms with Crippen molar-refractivity contribution in [3.8, 4) is 5.75 Å². The van der Waals surface area contributed by atoms with Crippen molar-refractivity contribution in [1.29, 1.82) is 0 Å². The summed E-state index contributed by atoms with van der Waals surface area (Å²) in [6, 6.07) is 14.7. The number of carbonyl (C=O) groups excluding carboxylic acids is 1. The highest BCUT2D eigenvalue weighted by atomic mass is 35.5. The molecule has 0 aliphatic rings. The van der Waals surface area contributed by atoms with E-state index in [2.05, 4.69) is 0 Å². The van der Waals surface area contributed by atoms with Gasteiger partial charge in [-0.25, -0.2) is 0 Å². The molecule has 0 saturated carbocycles. The molecule has 0 aliphatic carbocycles. The zero-order valence-corrected chi connectivity index (χ0v) is 12.2. The van der Waals surface area contributed by atoms with Crippen molar-refractivity contribution in [2.75, 3.05) is 14.2 Å². The van der Waals surface area contributed by atoms with Gasteiger partial charge in [0.1, 0.15) is 5.75 Å².